The molecular weight excluding hydrogens is 835 g/mol. The molecule has 0 radical (unpaired) electrons. The lowest BCUT2D eigenvalue weighted by Gasteiger charge is -2.28. The summed E-state index contributed by atoms with van der Waals surface area (Å²) in [7, 11) is 0. The Morgan fingerprint density at radius 1 is 0.522 bits per heavy atom. The van der Waals surface area contributed by atoms with Crippen LogP contribution in [0.5, 0.6) is 0 Å². The fourth-order valence-electron chi connectivity index (χ4n) is 11.8. The standard InChI is InChI=1S/C63H47NO2S/c1-63(2)53-23-9-6-18-46(53)47-32-30-44(36-54(47)63)64(42-28-26-39(27-29-42)45-21-13-22-49-48-19-8-11-25-58(48)67-62(45)49)43-31-33-56-51(35-43)52-37-57-60(50-20-7-10-24-55(50)65-57)59(61(52)66-56)41-17-12-16-40(34-41)38-14-4-3-5-15-38/h3-7,9,12-18,20-23,26-37H,8,10-11,19,24-25H2,1-2H3. The van der Waals surface area contributed by atoms with Crippen molar-refractivity contribution >= 4 is 77.5 Å². The van der Waals surface area contributed by atoms with E-state index in [4.69, 9.17) is 8.83 Å². The highest BCUT2D eigenvalue weighted by Gasteiger charge is 2.36. The lowest BCUT2D eigenvalue weighted by atomic mass is 9.82. The Morgan fingerprint density at radius 2 is 1.27 bits per heavy atom. The predicted molar refractivity (Wildman–Crippen MR) is 281 cm³/mol. The first-order chi connectivity index (χ1) is 33.0. The van der Waals surface area contributed by atoms with Crippen molar-refractivity contribution in [3.05, 3.63) is 203 Å². The van der Waals surface area contributed by atoms with Crippen LogP contribution in [-0.2, 0) is 24.7 Å². The number of hydrogen-bond donors (Lipinski definition) is 0. The zero-order valence-electron chi connectivity index (χ0n) is 37.7. The number of benzene rings is 8. The summed E-state index contributed by atoms with van der Waals surface area (Å²) >= 11 is 2.01. The number of aryl methyl sites for hydroxylation is 3. The molecular formula is C63H47NO2S. The average molecular weight is 882 g/mol. The van der Waals surface area contributed by atoms with Gasteiger partial charge in [-0.3, -0.25) is 0 Å². The number of thiophene rings is 1. The highest BCUT2D eigenvalue weighted by Crippen LogP contribution is 2.52. The Morgan fingerprint density at radius 3 is 2.18 bits per heavy atom. The lowest BCUT2D eigenvalue weighted by Crippen LogP contribution is -2.16. The van der Waals surface area contributed by atoms with Gasteiger partial charge in [-0.2, -0.15) is 0 Å². The van der Waals surface area contributed by atoms with Gasteiger partial charge in [0.1, 0.15) is 22.5 Å². The van der Waals surface area contributed by atoms with Gasteiger partial charge in [0.15, 0.2) is 0 Å². The van der Waals surface area contributed by atoms with Crippen LogP contribution in [0.4, 0.5) is 17.1 Å². The van der Waals surface area contributed by atoms with Gasteiger partial charge in [0.05, 0.1) is 0 Å². The van der Waals surface area contributed by atoms with Gasteiger partial charge >= 0.3 is 0 Å². The van der Waals surface area contributed by atoms with E-state index in [1.165, 1.54) is 80.3 Å². The summed E-state index contributed by atoms with van der Waals surface area (Å²) in [6, 6.07) is 60.6. The monoisotopic (exact) mass is 881 g/mol. The molecule has 3 aliphatic carbocycles. The Labute approximate surface area is 394 Å². The van der Waals surface area contributed by atoms with Crippen LogP contribution in [-0.4, -0.2) is 0 Å². The highest BCUT2D eigenvalue weighted by atomic mass is 32.1. The maximum absolute atomic E-state index is 7.07. The maximum Gasteiger partial charge on any atom is 0.144 e. The molecule has 0 unspecified atom stereocenters. The molecule has 0 aliphatic heterocycles. The smallest absolute Gasteiger partial charge is 0.144 e. The van der Waals surface area contributed by atoms with Gasteiger partial charge in [-0.15, -0.1) is 11.3 Å². The normalized spacial score (nSPS) is 14.7. The second-order valence-electron chi connectivity index (χ2n) is 19.3. The van der Waals surface area contributed by atoms with E-state index in [-0.39, 0.29) is 5.41 Å². The van der Waals surface area contributed by atoms with Crippen LogP contribution in [0.1, 0.15) is 66.0 Å². The van der Waals surface area contributed by atoms with Gasteiger partial charge in [0.2, 0.25) is 0 Å². The van der Waals surface area contributed by atoms with Gasteiger partial charge in [-0.25, -0.2) is 0 Å². The number of anilines is 3. The molecule has 0 amide bonds. The highest BCUT2D eigenvalue weighted by molar-refractivity contribution is 7.19. The second kappa shape index (κ2) is 14.8. The molecule has 0 fully saturated rings. The number of nitrogens with zero attached hydrogens (tertiary/aromatic N) is 1. The Kier molecular flexibility index (Phi) is 8.58. The number of rotatable bonds is 6. The van der Waals surface area contributed by atoms with Crippen LogP contribution in [0, 0.1) is 0 Å². The molecule has 0 saturated carbocycles. The molecule has 3 aromatic heterocycles. The molecule has 0 saturated heterocycles. The van der Waals surface area contributed by atoms with Crippen molar-refractivity contribution in [2.75, 3.05) is 4.90 Å². The third-order valence-electron chi connectivity index (χ3n) is 15.1. The summed E-state index contributed by atoms with van der Waals surface area (Å²) in [6.07, 6.45) is 11.4. The second-order valence-corrected chi connectivity index (χ2v) is 20.4. The molecule has 3 nitrogen and oxygen atoms in total. The summed E-state index contributed by atoms with van der Waals surface area (Å²) < 4.78 is 15.3. The molecule has 322 valence electrons. The number of furan rings is 2. The fourth-order valence-corrected chi connectivity index (χ4v) is 13.2. The average Bonchev–Trinajstić information content (AvgIpc) is 4.12. The van der Waals surface area contributed by atoms with E-state index in [1.807, 2.05) is 11.3 Å². The lowest BCUT2D eigenvalue weighted by molar-refractivity contribution is 0.546. The molecule has 67 heavy (non-hydrogen) atoms. The van der Waals surface area contributed by atoms with E-state index >= 15 is 0 Å². The molecule has 11 aromatic rings. The summed E-state index contributed by atoms with van der Waals surface area (Å²) in [5.74, 6) is 1.04. The zero-order chi connectivity index (χ0) is 44.4. The van der Waals surface area contributed by atoms with E-state index in [9.17, 15) is 0 Å². The van der Waals surface area contributed by atoms with Gasteiger partial charge in [-0.05, 0) is 148 Å². The van der Waals surface area contributed by atoms with E-state index in [1.54, 1.807) is 10.4 Å². The Bertz CT molecular complexity index is 3840. The van der Waals surface area contributed by atoms with E-state index in [0.717, 1.165) is 85.3 Å². The topological polar surface area (TPSA) is 29.5 Å². The molecule has 0 spiro atoms. The molecule has 0 bridgehead atoms. The first kappa shape index (κ1) is 38.8. The molecule has 4 heteroatoms. The molecule has 0 N–H and O–H groups in total. The third-order valence-corrected chi connectivity index (χ3v) is 16.4. The molecule has 3 heterocycles. The first-order valence-corrected chi connectivity index (χ1v) is 24.7. The number of fused-ring (bicyclic) bond motifs is 12. The van der Waals surface area contributed by atoms with E-state index in [2.05, 4.69) is 195 Å². The minimum Gasteiger partial charge on any atom is -0.460 e. The fraction of sp³-hybridized carbons (Fsp3) is 0.143. The summed E-state index contributed by atoms with van der Waals surface area (Å²) in [5, 5.41) is 4.67. The Balaban J connectivity index is 0.960. The summed E-state index contributed by atoms with van der Waals surface area (Å²) in [6.45, 7) is 4.73. The van der Waals surface area contributed by atoms with Crippen LogP contribution in [0.25, 0.3) is 93.6 Å². The minimum atomic E-state index is -0.141. The maximum atomic E-state index is 7.07. The van der Waals surface area contributed by atoms with Gasteiger partial charge < -0.3 is 13.7 Å². The molecule has 3 aliphatic rings. The minimum absolute atomic E-state index is 0.141. The van der Waals surface area contributed by atoms with Crippen molar-refractivity contribution < 1.29 is 8.83 Å². The quantitative estimate of drug-likeness (QED) is 0.167. The van der Waals surface area contributed by atoms with Crippen molar-refractivity contribution in [1.29, 1.82) is 0 Å². The molecule has 8 aromatic carbocycles. The predicted octanol–water partition coefficient (Wildman–Crippen LogP) is 18.2. The van der Waals surface area contributed by atoms with Crippen LogP contribution in [0.15, 0.2) is 179 Å². The molecule has 0 atom stereocenters. The summed E-state index contributed by atoms with van der Waals surface area (Å²) in [4.78, 5) is 4.02. The van der Waals surface area contributed by atoms with Crippen LogP contribution in [0.3, 0.4) is 0 Å². The SMILES string of the molecule is CC1(C)c2ccccc2-c2ccc(N(c3ccc(-c4cccc5c6c(sc45)CCCC6)cc3)c3ccc4oc5c(-c6cccc(-c7ccccc7)c6)c6c7c(oc6cc5c4c3)CCC=C7)cc21. The van der Waals surface area contributed by atoms with Gasteiger partial charge in [-0.1, -0.05) is 135 Å². The third kappa shape index (κ3) is 5.95. The zero-order valence-corrected chi connectivity index (χ0v) is 38.5. The first-order valence-electron chi connectivity index (χ1n) is 23.9. The molecule has 14 rings (SSSR count). The van der Waals surface area contributed by atoms with Gasteiger partial charge in [0, 0.05) is 65.8 Å². The van der Waals surface area contributed by atoms with E-state index in [0.29, 0.717) is 0 Å². The van der Waals surface area contributed by atoms with Crippen LogP contribution in [0.2, 0.25) is 0 Å². The van der Waals surface area contributed by atoms with Crippen molar-refractivity contribution in [2.45, 2.75) is 57.8 Å². The largest absolute Gasteiger partial charge is 0.460 e. The van der Waals surface area contributed by atoms with Crippen LogP contribution >= 0.6 is 11.3 Å². The summed E-state index contributed by atoms with van der Waals surface area (Å²) in [5.41, 5.74) is 21.0. The Hall–Kier alpha value is -7.40. The van der Waals surface area contributed by atoms with Crippen molar-refractivity contribution in [2.24, 2.45) is 0 Å². The number of allylic oxidation sites excluding steroid dienone is 1. The van der Waals surface area contributed by atoms with E-state index < -0.39 is 0 Å². The van der Waals surface area contributed by atoms with Crippen molar-refractivity contribution in [1.82, 2.24) is 0 Å². The van der Waals surface area contributed by atoms with Gasteiger partial charge in [0.25, 0.3) is 0 Å². The van der Waals surface area contributed by atoms with Crippen molar-refractivity contribution in [3.63, 3.8) is 0 Å². The number of hydrogen-bond acceptors (Lipinski definition) is 4. The van der Waals surface area contributed by atoms with Crippen molar-refractivity contribution in [3.8, 4) is 44.5 Å². The van der Waals surface area contributed by atoms with Crippen LogP contribution < -0.4 is 4.90 Å².